The molecule has 0 fully saturated rings. The van der Waals surface area contributed by atoms with Crippen LogP contribution in [-0.2, 0) is 0 Å². The van der Waals surface area contributed by atoms with Crippen molar-refractivity contribution in [3.05, 3.63) is 12.3 Å². The van der Waals surface area contributed by atoms with Crippen molar-refractivity contribution in [2.75, 3.05) is 17.7 Å². The van der Waals surface area contributed by atoms with Crippen LogP contribution in [0.2, 0.25) is 0 Å². The first kappa shape index (κ1) is 11.7. The molecule has 4 N–H and O–H groups in total. The first-order chi connectivity index (χ1) is 7.11. The summed E-state index contributed by atoms with van der Waals surface area (Å²) >= 11 is 0. The molecule has 1 unspecified atom stereocenters. The lowest BCUT2D eigenvalue weighted by atomic mass is 10.0. The summed E-state index contributed by atoms with van der Waals surface area (Å²) in [5.74, 6) is 1.40. The van der Waals surface area contributed by atoms with E-state index in [0.29, 0.717) is 17.7 Å². The van der Waals surface area contributed by atoms with E-state index < -0.39 is 0 Å². The first-order valence-electron chi connectivity index (χ1n) is 5.07. The molecule has 0 aliphatic carbocycles. The summed E-state index contributed by atoms with van der Waals surface area (Å²) in [4.78, 5) is 8.03. The summed E-state index contributed by atoms with van der Waals surface area (Å²) in [6.45, 7) is 4.27. The Bertz CT molecular complexity index is 303. The second-order valence-electron chi connectivity index (χ2n) is 3.96. The van der Waals surface area contributed by atoms with Crippen molar-refractivity contribution < 1.29 is 5.11 Å². The van der Waals surface area contributed by atoms with Gasteiger partial charge in [0.05, 0.1) is 12.6 Å². The van der Waals surface area contributed by atoms with Crippen molar-refractivity contribution in [3.8, 4) is 0 Å². The molecule has 0 aliphatic heterocycles. The molecule has 1 atom stereocenters. The normalized spacial score (nSPS) is 12.8. The second-order valence-corrected chi connectivity index (χ2v) is 3.96. The quantitative estimate of drug-likeness (QED) is 0.671. The van der Waals surface area contributed by atoms with Crippen LogP contribution in [0.1, 0.15) is 20.3 Å². The van der Waals surface area contributed by atoms with Gasteiger partial charge in [-0.25, -0.2) is 4.98 Å². The smallest absolute Gasteiger partial charge is 0.224 e. The lowest BCUT2D eigenvalue weighted by Crippen LogP contribution is -2.26. The van der Waals surface area contributed by atoms with E-state index >= 15 is 0 Å². The summed E-state index contributed by atoms with van der Waals surface area (Å²) in [5, 5.41) is 12.2. The lowest BCUT2D eigenvalue weighted by molar-refractivity contribution is 0.259. The van der Waals surface area contributed by atoms with Crippen LogP contribution >= 0.6 is 0 Å². The topological polar surface area (TPSA) is 84.1 Å². The monoisotopic (exact) mass is 210 g/mol. The molecular weight excluding hydrogens is 192 g/mol. The van der Waals surface area contributed by atoms with Crippen LogP contribution in [0, 0.1) is 5.92 Å². The first-order valence-corrected chi connectivity index (χ1v) is 5.07. The van der Waals surface area contributed by atoms with Crippen molar-refractivity contribution in [1.29, 1.82) is 0 Å². The van der Waals surface area contributed by atoms with Gasteiger partial charge in [-0.3, -0.25) is 0 Å². The van der Waals surface area contributed by atoms with Crippen LogP contribution in [0.4, 0.5) is 11.8 Å². The molecule has 0 bridgehead atoms. The van der Waals surface area contributed by atoms with Gasteiger partial charge in [0.25, 0.3) is 0 Å². The molecule has 1 aromatic rings. The number of nitrogens with zero attached hydrogens (tertiary/aromatic N) is 2. The maximum Gasteiger partial charge on any atom is 0.224 e. The van der Waals surface area contributed by atoms with E-state index in [2.05, 4.69) is 29.1 Å². The van der Waals surface area contributed by atoms with E-state index in [1.165, 1.54) is 0 Å². The number of hydrogen-bond donors (Lipinski definition) is 3. The van der Waals surface area contributed by atoms with Gasteiger partial charge in [0.1, 0.15) is 5.82 Å². The SMILES string of the molecule is CC(C)CC(CO)Nc1nccc(N)n1. The maximum absolute atomic E-state index is 9.16. The lowest BCUT2D eigenvalue weighted by Gasteiger charge is -2.17. The molecular formula is C10H18N4O. The standard InChI is InChI=1S/C10H18N4O/c1-7(2)5-8(6-15)13-10-12-4-3-9(11)14-10/h3-4,7-8,15H,5-6H2,1-2H3,(H3,11,12,13,14). The molecule has 0 saturated heterocycles. The molecule has 0 aliphatic rings. The fourth-order valence-electron chi connectivity index (χ4n) is 1.37. The maximum atomic E-state index is 9.16. The summed E-state index contributed by atoms with van der Waals surface area (Å²) < 4.78 is 0. The van der Waals surface area contributed by atoms with Crippen LogP contribution in [0.3, 0.4) is 0 Å². The van der Waals surface area contributed by atoms with Crippen molar-refractivity contribution >= 4 is 11.8 Å². The largest absolute Gasteiger partial charge is 0.394 e. The molecule has 5 heteroatoms. The van der Waals surface area contributed by atoms with E-state index in [-0.39, 0.29) is 12.6 Å². The van der Waals surface area contributed by atoms with Crippen LogP contribution in [-0.4, -0.2) is 27.7 Å². The predicted molar refractivity (Wildman–Crippen MR) is 60.4 cm³/mol. The van der Waals surface area contributed by atoms with Gasteiger partial charge in [0.15, 0.2) is 0 Å². The Kier molecular flexibility index (Phi) is 4.30. The number of nitrogens with two attached hydrogens (primary N) is 1. The highest BCUT2D eigenvalue weighted by Gasteiger charge is 2.10. The van der Waals surface area contributed by atoms with E-state index in [9.17, 15) is 0 Å². The Hall–Kier alpha value is -1.36. The Labute approximate surface area is 89.7 Å². The van der Waals surface area contributed by atoms with E-state index in [1.807, 2.05) is 0 Å². The van der Waals surface area contributed by atoms with E-state index in [0.717, 1.165) is 6.42 Å². The van der Waals surface area contributed by atoms with Crippen LogP contribution in [0.5, 0.6) is 0 Å². The highest BCUT2D eigenvalue weighted by atomic mass is 16.3. The molecule has 0 spiro atoms. The Balaban J connectivity index is 2.58. The number of aliphatic hydroxyl groups is 1. The van der Waals surface area contributed by atoms with Crippen molar-refractivity contribution in [1.82, 2.24) is 9.97 Å². The molecule has 0 radical (unpaired) electrons. The summed E-state index contributed by atoms with van der Waals surface area (Å²) in [7, 11) is 0. The Morgan fingerprint density at radius 2 is 2.27 bits per heavy atom. The second kappa shape index (κ2) is 5.50. The van der Waals surface area contributed by atoms with Gasteiger partial charge >= 0.3 is 0 Å². The number of nitrogens with one attached hydrogen (secondary N) is 1. The molecule has 0 amide bonds. The molecule has 15 heavy (non-hydrogen) atoms. The molecule has 5 nitrogen and oxygen atoms in total. The van der Waals surface area contributed by atoms with Crippen LogP contribution in [0.15, 0.2) is 12.3 Å². The third-order valence-corrected chi connectivity index (χ3v) is 1.99. The average Bonchev–Trinajstić information content (AvgIpc) is 2.16. The van der Waals surface area contributed by atoms with E-state index in [4.69, 9.17) is 10.8 Å². The Morgan fingerprint density at radius 3 is 2.80 bits per heavy atom. The zero-order chi connectivity index (χ0) is 11.3. The molecule has 0 saturated carbocycles. The van der Waals surface area contributed by atoms with Crippen LogP contribution < -0.4 is 11.1 Å². The molecule has 1 heterocycles. The number of aromatic nitrogens is 2. The third kappa shape index (κ3) is 4.12. The Morgan fingerprint density at radius 1 is 1.53 bits per heavy atom. The average molecular weight is 210 g/mol. The van der Waals surface area contributed by atoms with Gasteiger partial charge in [-0.05, 0) is 18.4 Å². The van der Waals surface area contributed by atoms with Crippen LogP contribution in [0.25, 0.3) is 0 Å². The van der Waals surface area contributed by atoms with Crippen molar-refractivity contribution in [3.63, 3.8) is 0 Å². The molecule has 1 aromatic heterocycles. The minimum Gasteiger partial charge on any atom is -0.394 e. The summed E-state index contributed by atoms with van der Waals surface area (Å²) in [5.41, 5.74) is 5.52. The zero-order valence-electron chi connectivity index (χ0n) is 9.14. The van der Waals surface area contributed by atoms with Crippen molar-refractivity contribution in [2.45, 2.75) is 26.3 Å². The number of rotatable bonds is 5. The highest BCUT2D eigenvalue weighted by Crippen LogP contribution is 2.09. The fourth-order valence-corrected chi connectivity index (χ4v) is 1.37. The summed E-state index contributed by atoms with van der Waals surface area (Å²) in [6.07, 6.45) is 2.46. The van der Waals surface area contributed by atoms with Gasteiger partial charge in [-0.1, -0.05) is 13.8 Å². The fraction of sp³-hybridized carbons (Fsp3) is 0.600. The third-order valence-electron chi connectivity index (χ3n) is 1.99. The minimum absolute atomic E-state index is 0.0215. The zero-order valence-corrected chi connectivity index (χ0v) is 9.14. The van der Waals surface area contributed by atoms with Gasteiger partial charge < -0.3 is 16.2 Å². The van der Waals surface area contributed by atoms with E-state index in [1.54, 1.807) is 12.3 Å². The van der Waals surface area contributed by atoms with Gasteiger partial charge in [-0.2, -0.15) is 4.98 Å². The molecule has 1 rings (SSSR count). The van der Waals surface area contributed by atoms with Gasteiger partial charge in [-0.15, -0.1) is 0 Å². The van der Waals surface area contributed by atoms with Gasteiger partial charge in [0, 0.05) is 6.20 Å². The van der Waals surface area contributed by atoms with Crippen molar-refractivity contribution in [2.24, 2.45) is 5.92 Å². The summed E-state index contributed by atoms with van der Waals surface area (Å²) in [6, 6.07) is 1.61. The number of anilines is 2. The molecule has 84 valence electrons. The number of aliphatic hydroxyl groups excluding tert-OH is 1. The van der Waals surface area contributed by atoms with Gasteiger partial charge in [0.2, 0.25) is 5.95 Å². The predicted octanol–water partition coefficient (Wildman–Crippen LogP) is 0.878. The number of hydrogen-bond acceptors (Lipinski definition) is 5. The minimum atomic E-state index is -0.0215. The highest BCUT2D eigenvalue weighted by molar-refractivity contribution is 5.35. The number of nitrogen functional groups attached to an aromatic ring is 1. The molecule has 0 aromatic carbocycles.